The minimum absolute atomic E-state index is 0.557. The predicted octanol–water partition coefficient (Wildman–Crippen LogP) is 3.12. The van der Waals surface area contributed by atoms with Gasteiger partial charge >= 0.3 is 0 Å². The molecule has 19 heavy (non-hydrogen) atoms. The number of nitrogens with zero attached hydrogens (tertiary/aromatic N) is 2. The largest absolute Gasteiger partial charge is 0.313 e. The number of thiazole rings is 1. The van der Waals surface area contributed by atoms with Crippen LogP contribution >= 0.6 is 11.3 Å². The van der Waals surface area contributed by atoms with E-state index in [1.807, 2.05) is 11.3 Å². The molecule has 0 amide bonds. The van der Waals surface area contributed by atoms with Crippen molar-refractivity contribution in [2.75, 3.05) is 19.6 Å². The van der Waals surface area contributed by atoms with E-state index < -0.39 is 0 Å². The Morgan fingerprint density at radius 2 is 2.11 bits per heavy atom. The predicted molar refractivity (Wildman–Crippen MR) is 83.7 cm³/mol. The summed E-state index contributed by atoms with van der Waals surface area (Å²) in [5.41, 5.74) is 1.12. The molecule has 0 aliphatic carbocycles. The van der Waals surface area contributed by atoms with Crippen LogP contribution in [0.2, 0.25) is 0 Å². The number of hydrogen-bond acceptors (Lipinski definition) is 4. The maximum atomic E-state index is 4.70. The highest BCUT2D eigenvalue weighted by Gasteiger charge is 2.08. The molecule has 0 aliphatic heterocycles. The third-order valence-corrected chi connectivity index (χ3v) is 4.15. The van der Waals surface area contributed by atoms with Crippen LogP contribution in [0, 0.1) is 0 Å². The lowest BCUT2D eigenvalue weighted by Gasteiger charge is -2.20. The monoisotopic (exact) mass is 277 g/mol. The number of benzene rings is 1. The highest BCUT2D eigenvalue weighted by Crippen LogP contribution is 2.22. The summed E-state index contributed by atoms with van der Waals surface area (Å²) in [5, 5.41) is 4.68. The van der Waals surface area contributed by atoms with E-state index in [1.54, 1.807) is 0 Å². The molecule has 0 atom stereocenters. The molecule has 0 unspecified atom stereocenters. The molecular weight excluding hydrogens is 254 g/mol. The Morgan fingerprint density at radius 1 is 1.32 bits per heavy atom. The molecule has 1 N–H and O–H groups in total. The maximum absolute atomic E-state index is 4.70. The van der Waals surface area contributed by atoms with Crippen LogP contribution in [-0.2, 0) is 6.54 Å². The first-order valence-electron chi connectivity index (χ1n) is 6.99. The Labute approximate surface area is 119 Å². The fourth-order valence-corrected chi connectivity index (χ4v) is 3.05. The van der Waals surface area contributed by atoms with Crippen molar-refractivity contribution in [2.45, 2.75) is 33.4 Å². The molecule has 0 spiro atoms. The molecule has 104 valence electrons. The summed E-state index contributed by atoms with van der Waals surface area (Å²) in [6, 6.07) is 8.92. The molecule has 0 fully saturated rings. The second kappa shape index (κ2) is 6.98. The number of rotatable bonds is 7. The average molecular weight is 277 g/mol. The fourth-order valence-electron chi connectivity index (χ4n) is 2.04. The standard InChI is InChI=1S/C15H23N3S/c1-4-18(10-9-16-12(2)3)11-15-17-13-7-5-6-8-14(13)19-15/h5-8,12,16H,4,9-11H2,1-3H3. The van der Waals surface area contributed by atoms with Crippen molar-refractivity contribution in [2.24, 2.45) is 0 Å². The van der Waals surface area contributed by atoms with Crippen LogP contribution in [0.5, 0.6) is 0 Å². The van der Waals surface area contributed by atoms with Gasteiger partial charge in [0.1, 0.15) is 5.01 Å². The van der Waals surface area contributed by atoms with Crippen molar-refractivity contribution in [3.05, 3.63) is 29.3 Å². The van der Waals surface area contributed by atoms with Crippen LogP contribution in [0.4, 0.5) is 0 Å². The highest BCUT2D eigenvalue weighted by molar-refractivity contribution is 7.18. The van der Waals surface area contributed by atoms with Crippen molar-refractivity contribution in [3.8, 4) is 0 Å². The Morgan fingerprint density at radius 3 is 2.79 bits per heavy atom. The van der Waals surface area contributed by atoms with E-state index in [2.05, 4.69) is 55.3 Å². The lowest BCUT2D eigenvalue weighted by molar-refractivity contribution is 0.276. The molecule has 0 aliphatic rings. The second-order valence-electron chi connectivity index (χ2n) is 5.05. The molecule has 0 saturated heterocycles. The van der Waals surface area contributed by atoms with Gasteiger partial charge in [0, 0.05) is 19.1 Å². The summed E-state index contributed by atoms with van der Waals surface area (Å²) in [4.78, 5) is 7.14. The van der Waals surface area contributed by atoms with E-state index >= 15 is 0 Å². The van der Waals surface area contributed by atoms with E-state index in [1.165, 1.54) is 9.71 Å². The van der Waals surface area contributed by atoms with Gasteiger partial charge in [-0.15, -0.1) is 11.3 Å². The number of aromatic nitrogens is 1. The van der Waals surface area contributed by atoms with Gasteiger partial charge in [0.15, 0.2) is 0 Å². The van der Waals surface area contributed by atoms with Crippen molar-refractivity contribution in [3.63, 3.8) is 0 Å². The quantitative estimate of drug-likeness (QED) is 0.843. The Bertz CT molecular complexity index is 474. The van der Waals surface area contributed by atoms with Crippen molar-refractivity contribution in [1.82, 2.24) is 15.2 Å². The Hall–Kier alpha value is -0.970. The molecule has 0 bridgehead atoms. The normalized spacial score (nSPS) is 11.8. The smallest absolute Gasteiger partial charge is 0.108 e. The van der Waals surface area contributed by atoms with Crippen LogP contribution in [0.1, 0.15) is 25.8 Å². The zero-order valence-electron chi connectivity index (χ0n) is 12.0. The van der Waals surface area contributed by atoms with Crippen molar-refractivity contribution in [1.29, 1.82) is 0 Å². The van der Waals surface area contributed by atoms with Gasteiger partial charge in [-0.2, -0.15) is 0 Å². The van der Waals surface area contributed by atoms with Crippen molar-refractivity contribution < 1.29 is 0 Å². The molecule has 0 saturated carbocycles. The van der Waals surface area contributed by atoms with Crippen LogP contribution < -0.4 is 5.32 Å². The first-order chi connectivity index (χ1) is 9.19. The number of fused-ring (bicyclic) bond motifs is 1. The molecule has 4 heteroatoms. The number of para-hydroxylation sites is 1. The molecular formula is C15H23N3S. The topological polar surface area (TPSA) is 28.2 Å². The highest BCUT2D eigenvalue weighted by atomic mass is 32.1. The minimum Gasteiger partial charge on any atom is -0.313 e. The van der Waals surface area contributed by atoms with Gasteiger partial charge in [0.2, 0.25) is 0 Å². The summed E-state index contributed by atoms with van der Waals surface area (Å²) < 4.78 is 1.29. The first kappa shape index (κ1) is 14.4. The number of hydrogen-bond donors (Lipinski definition) is 1. The number of likely N-dealkylation sites (N-methyl/N-ethyl adjacent to an activating group) is 1. The fraction of sp³-hybridized carbons (Fsp3) is 0.533. The Balaban J connectivity index is 1.93. The van der Waals surface area contributed by atoms with Gasteiger partial charge in [-0.25, -0.2) is 4.98 Å². The maximum Gasteiger partial charge on any atom is 0.108 e. The average Bonchev–Trinajstić information content (AvgIpc) is 2.79. The van der Waals surface area contributed by atoms with Gasteiger partial charge < -0.3 is 5.32 Å². The summed E-state index contributed by atoms with van der Waals surface area (Å²) >= 11 is 1.81. The first-order valence-corrected chi connectivity index (χ1v) is 7.81. The van der Waals surface area contributed by atoms with Crippen LogP contribution in [-0.4, -0.2) is 35.6 Å². The SMILES string of the molecule is CCN(CCNC(C)C)Cc1nc2ccccc2s1. The van der Waals surface area contributed by atoms with E-state index in [-0.39, 0.29) is 0 Å². The molecule has 1 heterocycles. The zero-order valence-corrected chi connectivity index (χ0v) is 12.8. The van der Waals surface area contributed by atoms with Gasteiger partial charge in [0.05, 0.1) is 16.8 Å². The lowest BCUT2D eigenvalue weighted by Crippen LogP contribution is -2.34. The Kier molecular flexibility index (Phi) is 5.31. The lowest BCUT2D eigenvalue weighted by atomic mass is 10.3. The van der Waals surface area contributed by atoms with Crippen LogP contribution in [0.15, 0.2) is 24.3 Å². The summed E-state index contributed by atoms with van der Waals surface area (Å²) in [5.74, 6) is 0. The minimum atomic E-state index is 0.557. The molecule has 2 rings (SSSR count). The molecule has 3 nitrogen and oxygen atoms in total. The van der Waals surface area contributed by atoms with E-state index in [9.17, 15) is 0 Å². The molecule has 2 aromatic rings. The van der Waals surface area contributed by atoms with Crippen LogP contribution in [0.25, 0.3) is 10.2 Å². The van der Waals surface area contributed by atoms with Gasteiger partial charge in [-0.3, -0.25) is 4.90 Å². The molecule has 0 radical (unpaired) electrons. The van der Waals surface area contributed by atoms with Gasteiger partial charge in [0.25, 0.3) is 0 Å². The zero-order chi connectivity index (χ0) is 13.7. The summed E-state index contributed by atoms with van der Waals surface area (Å²) in [7, 11) is 0. The summed E-state index contributed by atoms with van der Waals surface area (Å²) in [6.07, 6.45) is 0. The third kappa shape index (κ3) is 4.27. The molecule has 1 aromatic carbocycles. The van der Waals surface area contributed by atoms with Crippen molar-refractivity contribution >= 4 is 21.6 Å². The number of nitrogens with one attached hydrogen (secondary N) is 1. The van der Waals surface area contributed by atoms with E-state index in [0.29, 0.717) is 6.04 Å². The van der Waals surface area contributed by atoms with E-state index in [0.717, 1.165) is 31.7 Å². The van der Waals surface area contributed by atoms with E-state index in [4.69, 9.17) is 4.98 Å². The second-order valence-corrected chi connectivity index (χ2v) is 6.17. The third-order valence-electron chi connectivity index (χ3n) is 3.12. The summed E-state index contributed by atoms with van der Waals surface area (Å²) in [6.45, 7) is 10.7. The molecule has 1 aromatic heterocycles. The van der Waals surface area contributed by atoms with Crippen LogP contribution in [0.3, 0.4) is 0 Å². The van der Waals surface area contributed by atoms with Gasteiger partial charge in [-0.05, 0) is 18.7 Å². The van der Waals surface area contributed by atoms with Gasteiger partial charge in [-0.1, -0.05) is 32.9 Å².